The van der Waals surface area contributed by atoms with Crippen molar-refractivity contribution in [1.82, 2.24) is 4.90 Å². The SMILES string of the molecule is COc1c(C(C)C)oc2cc3oc(=O)ccc3cc12.O=C(CCCN1CCC(O)(c2ccc(Cl)cc2)CC1)c1ccc(F)cc1. The maximum absolute atomic E-state index is 12.9. The van der Waals surface area contributed by atoms with E-state index in [2.05, 4.69) is 4.90 Å². The number of furan rings is 1. The molecule has 0 spiro atoms. The molecule has 0 unspecified atom stereocenters. The number of halogens is 2. The van der Waals surface area contributed by atoms with Gasteiger partial charge in [0.25, 0.3) is 0 Å². The lowest BCUT2D eigenvalue weighted by Gasteiger charge is -2.38. The lowest BCUT2D eigenvalue weighted by Crippen LogP contribution is -2.42. The van der Waals surface area contributed by atoms with E-state index in [-0.39, 0.29) is 23.1 Å². The minimum absolute atomic E-state index is 0.0414. The molecule has 5 aromatic rings. The van der Waals surface area contributed by atoms with E-state index in [1.165, 1.54) is 30.3 Å². The summed E-state index contributed by atoms with van der Waals surface area (Å²) in [6.45, 7) is 6.50. The molecule has 3 aromatic carbocycles. The molecule has 0 aliphatic carbocycles. The van der Waals surface area contributed by atoms with Crippen LogP contribution in [0.4, 0.5) is 4.39 Å². The quantitative estimate of drug-likeness (QED) is 0.136. The Bertz CT molecular complexity index is 1820. The highest BCUT2D eigenvalue weighted by molar-refractivity contribution is 6.30. The average Bonchev–Trinajstić information content (AvgIpc) is 3.39. The number of carbonyl (C=O) groups is 1. The second-order valence-corrected chi connectivity index (χ2v) is 12.1. The highest BCUT2D eigenvalue weighted by atomic mass is 35.5. The molecule has 236 valence electrons. The van der Waals surface area contributed by atoms with E-state index in [1.54, 1.807) is 19.2 Å². The Balaban J connectivity index is 0.000000186. The normalized spacial score (nSPS) is 14.8. The van der Waals surface area contributed by atoms with Gasteiger partial charge in [0.2, 0.25) is 0 Å². The van der Waals surface area contributed by atoms with Crippen molar-refractivity contribution < 1.29 is 27.9 Å². The fraction of sp³-hybridized carbons (Fsp3) is 0.333. The molecule has 3 heterocycles. The number of hydrogen-bond donors (Lipinski definition) is 1. The molecule has 1 aliphatic rings. The number of Topliss-reactive ketones (excluding diaryl/α,β-unsaturated/α-hetero) is 1. The van der Waals surface area contributed by atoms with E-state index in [0.29, 0.717) is 41.0 Å². The Morgan fingerprint density at radius 1 is 1.00 bits per heavy atom. The summed E-state index contributed by atoms with van der Waals surface area (Å²) in [6.07, 6.45) is 2.54. The van der Waals surface area contributed by atoms with E-state index >= 15 is 0 Å². The maximum atomic E-state index is 12.9. The Morgan fingerprint density at radius 2 is 1.69 bits per heavy atom. The molecule has 1 saturated heterocycles. The summed E-state index contributed by atoms with van der Waals surface area (Å²) >= 11 is 5.92. The van der Waals surface area contributed by atoms with Crippen LogP contribution in [0, 0.1) is 5.82 Å². The van der Waals surface area contributed by atoms with Crippen LogP contribution in [-0.2, 0) is 5.60 Å². The van der Waals surface area contributed by atoms with Crippen molar-refractivity contribution in [2.75, 3.05) is 26.7 Å². The zero-order valence-electron chi connectivity index (χ0n) is 25.6. The van der Waals surface area contributed by atoms with E-state index in [0.717, 1.165) is 53.9 Å². The van der Waals surface area contributed by atoms with Crippen LogP contribution in [0.3, 0.4) is 0 Å². The van der Waals surface area contributed by atoms with E-state index in [9.17, 15) is 19.1 Å². The van der Waals surface area contributed by atoms with Crippen LogP contribution in [0.2, 0.25) is 5.02 Å². The fourth-order valence-corrected chi connectivity index (χ4v) is 5.81. The number of aliphatic hydroxyl groups is 1. The highest BCUT2D eigenvalue weighted by Crippen LogP contribution is 2.39. The zero-order valence-corrected chi connectivity index (χ0v) is 26.4. The maximum Gasteiger partial charge on any atom is 0.336 e. The molecular formula is C36H37ClFNO6. The monoisotopic (exact) mass is 633 g/mol. The van der Waals surface area contributed by atoms with Crippen molar-refractivity contribution in [3.05, 3.63) is 111 Å². The van der Waals surface area contributed by atoms with Crippen molar-refractivity contribution in [1.29, 1.82) is 0 Å². The number of ketones is 1. The number of fused-ring (bicyclic) bond motifs is 2. The van der Waals surface area contributed by atoms with Gasteiger partial charge < -0.3 is 23.6 Å². The standard InChI is InChI=1S/C21H23ClFNO2.C15H14O4/c22-18-7-5-17(6-8-18)21(26)11-14-24(15-12-21)13-1-2-20(25)16-3-9-19(23)10-4-16;1-8(2)14-15(17-3)10-6-9-4-5-13(16)18-11(9)7-12(10)19-14/h3-10,26H,1-2,11-15H2;4-8H,1-3H3. The van der Waals surface area contributed by atoms with Gasteiger partial charge in [0.05, 0.1) is 18.1 Å². The van der Waals surface area contributed by atoms with Gasteiger partial charge in [-0.2, -0.15) is 0 Å². The second kappa shape index (κ2) is 14.0. The molecule has 6 rings (SSSR count). The minimum Gasteiger partial charge on any atom is -0.492 e. The summed E-state index contributed by atoms with van der Waals surface area (Å²) < 4.78 is 29.3. The smallest absolute Gasteiger partial charge is 0.336 e. The van der Waals surface area contributed by atoms with Crippen molar-refractivity contribution in [3.63, 3.8) is 0 Å². The average molecular weight is 634 g/mol. The third-order valence-electron chi connectivity index (χ3n) is 8.25. The summed E-state index contributed by atoms with van der Waals surface area (Å²) in [6, 6.07) is 19.9. The fourth-order valence-electron chi connectivity index (χ4n) is 5.69. The third kappa shape index (κ3) is 7.64. The Labute approximate surface area is 266 Å². The summed E-state index contributed by atoms with van der Waals surface area (Å²) in [5, 5.41) is 13.3. The molecule has 9 heteroatoms. The first-order valence-electron chi connectivity index (χ1n) is 15.1. The number of nitrogens with zero attached hydrogens (tertiary/aromatic N) is 1. The molecular weight excluding hydrogens is 597 g/mol. The van der Waals surface area contributed by atoms with Gasteiger partial charge in [0, 0.05) is 53.5 Å². The molecule has 1 N–H and O–H groups in total. The van der Waals surface area contributed by atoms with Gasteiger partial charge in [-0.3, -0.25) is 4.79 Å². The largest absolute Gasteiger partial charge is 0.492 e. The number of ether oxygens (including phenoxy) is 1. The molecule has 0 saturated carbocycles. The Hall–Kier alpha value is -3.98. The van der Waals surface area contributed by atoms with Crippen LogP contribution in [0.1, 0.15) is 67.1 Å². The van der Waals surface area contributed by atoms with Crippen LogP contribution >= 0.6 is 11.6 Å². The molecule has 45 heavy (non-hydrogen) atoms. The summed E-state index contributed by atoms with van der Waals surface area (Å²) in [5.41, 5.74) is 1.49. The van der Waals surface area contributed by atoms with Crippen molar-refractivity contribution in [3.8, 4) is 5.75 Å². The van der Waals surface area contributed by atoms with Crippen LogP contribution in [0.15, 0.2) is 86.4 Å². The molecule has 1 aliphatic heterocycles. The lowest BCUT2D eigenvalue weighted by molar-refractivity contribution is -0.0260. The topological polar surface area (TPSA) is 93.1 Å². The third-order valence-corrected chi connectivity index (χ3v) is 8.50. The molecule has 2 aromatic heterocycles. The van der Waals surface area contributed by atoms with Crippen molar-refractivity contribution >= 4 is 39.3 Å². The van der Waals surface area contributed by atoms with E-state index < -0.39 is 5.60 Å². The number of methoxy groups -OCH3 is 1. The summed E-state index contributed by atoms with van der Waals surface area (Å²) in [5.74, 6) is 1.48. The van der Waals surface area contributed by atoms with Gasteiger partial charge in [-0.15, -0.1) is 0 Å². The second-order valence-electron chi connectivity index (χ2n) is 11.7. The highest BCUT2D eigenvalue weighted by Gasteiger charge is 2.33. The van der Waals surface area contributed by atoms with Gasteiger partial charge in [-0.1, -0.05) is 37.6 Å². The molecule has 0 bridgehead atoms. The molecule has 0 amide bonds. The zero-order chi connectivity index (χ0) is 32.1. The van der Waals surface area contributed by atoms with Gasteiger partial charge in [-0.25, -0.2) is 9.18 Å². The van der Waals surface area contributed by atoms with Gasteiger partial charge in [-0.05, 0) is 79.9 Å². The Morgan fingerprint density at radius 3 is 2.33 bits per heavy atom. The Kier molecular flexibility index (Phi) is 10.1. The molecule has 0 atom stereocenters. The minimum atomic E-state index is -0.801. The number of hydrogen-bond acceptors (Lipinski definition) is 7. The van der Waals surface area contributed by atoms with Gasteiger partial charge >= 0.3 is 5.63 Å². The van der Waals surface area contributed by atoms with E-state index in [4.69, 9.17) is 25.2 Å². The number of likely N-dealkylation sites (tertiary alicyclic amines) is 1. The van der Waals surface area contributed by atoms with Crippen LogP contribution in [0.25, 0.3) is 21.9 Å². The van der Waals surface area contributed by atoms with Gasteiger partial charge in [0.15, 0.2) is 11.5 Å². The molecule has 7 nitrogen and oxygen atoms in total. The molecule has 0 radical (unpaired) electrons. The van der Waals surface area contributed by atoms with Crippen LogP contribution in [-0.4, -0.2) is 42.5 Å². The van der Waals surface area contributed by atoms with Crippen LogP contribution < -0.4 is 10.4 Å². The van der Waals surface area contributed by atoms with Gasteiger partial charge in [0.1, 0.15) is 22.7 Å². The number of carbonyl (C=O) groups excluding carboxylic acids is 1. The first-order valence-corrected chi connectivity index (χ1v) is 15.5. The summed E-state index contributed by atoms with van der Waals surface area (Å²) in [4.78, 5) is 25.6. The van der Waals surface area contributed by atoms with Crippen molar-refractivity contribution in [2.24, 2.45) is 0 Å². The lowest BCUT2D eigenvalue weighted by atomic mass is 9.84. The van der Waals surface area contributed by atoms with Crippen molar-refractivity contribution in [2.45, 2.75) is 51.0 Å². The number of rotatable bonds is 8. The molecule has 1 fully saturated rings. The first kappa shape index (κ1) is 32.4. The number of benzene rings is 3. The first-order chi connectivity index (χ1) is 21.6. The summed E-state index contributed by atoms with van der Waals surface area (Å²) in [7, 11) is 1.63. The van der Waals surface area contributed by atoms with E-state index in [1.807, 2.05) is 44.2 Å². The van der Waals surface area contributed by atoms with Crippen LogP contribution in [0.5, 0.6) is 5.75 Å². The number of piperidine rings is 1. The predicted molar refractivity (Wildman–Crippen MR) is 174 cm³/mol. The predicted octanol–water partition coefficient (Wildman–Crippen LogP) is 8.10.